The fraction of sp³-hybridized carbons (Fsp3) is 0.273. The van der Waals surface area contributed by atoms with E-state index >= 15 is 0 Å². The molecular formula is C11H13I2NO3. The SMILES string of the molecule is CC.Cn1c(=O)oc(=O)c2ccccc21.II. The predicted octanol–water partition coefficient (Wildman–Crippen LogP) is 3.29. The van der Waals surface area contributed by atoms with Crippen LogP contribution in [-0.4, -0.2) is 4.57 Å². The Kier molecular flexibility index (Phi) is 8.48. The molecule has 0 atom stereocenters. The first-order valence-electron chi connectivity index (χ1n) is 4.93. The van der Waals surface area contributed by atoms with Crippen molar-refractivity contribution in [1.29, 1.82) is 0 Å². The van der Waals surface area contributed by atoms with Gasteiger partial charge in [-0.1, -0.05) is 26.0 Å². The minimum Gasteiger partial charge on any atom is -0.372 e. The van der Waals surface area contributed by atoms with Crippen LogP contribution in [0.4, 0.5) is 0 Å². The maximum Gasteiger partial charge on any atom is 0.422 e. The molecule has 0 bridgehead atoms. The number of hydrogen-bond donors (Lipinski definition) is 0. The van der Waals surface area contributed by atoms with Crippen LogP contribution in [-0.2, 0) is 7.05 Å². The number of rotatable bonds is 0. The van der Waals surface area contributed by atoms with Gasteiger partial charge in [0.25, 0.3) is 0 Å². The lowest BCUT2D eigenvalue weighted by atomic mass is 10.2. The Hall–Kier alpha value is -0.380. The molecule has 6 heteroatoms. The molecule has 0 N–H and O–H groups in total. The second-order valence-electron chi connectivity index (χ2n) is 2.73. The first-order chi connectivity index (χ1) is 8.20. The third-order valence-electron chi connectivity index (χ3n) is 1.94. The predicted molar refractivity (Wildman–Crippen MR) is 87.1 cm³/mol. The Morgan fingerprint density at radius 2 is 1.65 bits per heavy atom. The molecule has 1 heterocycles. The van der Waals surface area contributed by atoms with Crippen LogP contribution < -0.4 is 11.4 Å². The smallest absolute Gasteiger partial charge is 0.372 e. The molecule has 0 amide bonds. The number of nitrogens with zero attached hydrogens (tertiary/aromatic N) is 1. The standard InChI is InChI=1S/C9H7NO3.C2H6.I2/c1-10-7-5-3-2-4-6(7)8(11)13-9(10)12;2*1-2/h2-5H,1H3;1-2H3;. The number of fused-ring (bicyclic) bond motifs is 1. The summed E-state index contributed by atoms with van der Waals surface area (Å²) in [5, 5.41) is 0.421. The van der Waals surface area contributed by atoms with E-state index in [1.807, 2.05) is 13.8 Å². The van der Waals surface area contributed by atoms with Crippen LogP contribution in [0.15, 0.2) is 38.3 Å². The van der Waals surface area contributed by atoms with Crippen molar-refractivity contribution in [3.63, 3.8) is 0 Å². The first kappa shape index (κ1) is 16.6. The summed E-state index contributed by atoms with van der Waals surface area (Å²) in [4.78, 5) is 22.2. The molecule has 0 unspecified atom stereocenters. The Morgan fingerprint density at radius 3 is 2.24 bits per heavy atom. The van der Waals surface area contributed by atoms with E-state index in [0.29, 0.717) is 10.9 Å². The van der Waals surface area contributed by atoms with Crippen LogP contribution >= 0.6 is 37.2 Å². The Balaban J connectivity index is 0.000000581. The van der Waals surface area contributed by atoms with Crippen molar-refractivity contribution in [2.24, 2.45) is 7.05 Å². The van der Waals surface area contributed by atoms with Crippen LogP contribution in [0.1, 0.15) is 13.8 Å². The third-order valence-corrected chi connectivity index (χ3v) is 1.94. The van der Waals surface area contributed by atoms with Crippen molar-refractivity contribution in [3.05, 3.63) is 45.2 Å². The number of benzene rings is 1. The minimum atomic E-state index is -0.635. The minimum absolute atomic E-state index is 0.421. The number of aryl methyl sites for hydroxylation is 1. The van der Waals surface area contributed by atoms with Crippen LogP contribution in [0.2, 0.25) is 0 Å². The molecule has 2 aromatic rings. The monoisotopic (exact) mass is 461 g/mol. The molecular weight excluding hydrogens is 448 g/mol. The molecule has 0 aliphatic rings. The topological polar surface area (TPSA) is 52.2 Å². The number of hydrogen-bond acceptors (Lipinski definition) is 3. The highest BCUT2D eigenvalue weighted by Crippen LogP contribution is 2.04. The van der Waals surface area contributed by atoms with Crippen molar-refractivity contribution < 1.29 is 4.42 Å². The van der Waals surface area contributed by atoms with Gasteiger partial charge in [0.1, 0.15) is 0 Å². The molecule has 1 aromatic heterocycles. The molecule has 0 saturated carbocycles. The molecule has 0 aliphatic carbocycles. The highest BCUT2D eigenvalue weighted by atomic mass is 128. The average Bonchev–Trinajstić information content (AvgIpc) is 2.41. The molecule has 4 nitrogen and oxygen atoms in total. The lowest BCUT2D eigenvalue weighted by molar-refractivity contribution is 0.433. The van der Waals surface area contributed by atoms with Gasteiger partial charge in [0.15, 0.2) is 0 Å². The average molecular weight is 461 g/mol. The quantitative estimate of drug-likeness (QED) is 0.567. The van der Waals surface area contributed by atoms with Crippen LogP contribution in [0.5, 0.6) is 0 Å². The second kappa shape index (κ2) is 8.67. The van der Waals surface area contributed by atoms with E-state index in [9.17, 15) is 9.59 Å². The van der Waals surface area contributed by atoms with Gasteiger partial charge in [-0.15, -0.1) is 0 Å². The molecule has 17 heavy (non-hydrogen) atoms. The summed E-state index contributed by atoms with van der Waals surface area (Å²) >= 11 is 4.24. The van der Waals surface area contributed by atoms with E-state index in [-0.39, 0.29) is 0 Å². The van der Waals surface area contributed by atoms with E-state index < -0.39 is 11.4 Å². The van der Waals surface area contributed by atoms with Crippen molar-refractivity contribution in [3.8, 4) is 0 Å². The third kappa shape index (κ3) is 4.09. The molecule has 0 aliphatic heterocycles. The molecule has 0 fully saturated rings. The summed E-state index contributed by atoms with van der Waals surface area (Å²) in [5.41, 5.74) is 0.00227. The number of aromatic nitrogens is 1. The van der Waals surface area contributed by atoms with E-state index in [2.05, 4.69) is 41.6 Å². The largest absolute Gasteiger partial charge is 0.422 e. The first-order valence-corrected chi connectivity index (χ1v) is 11.2. The second-order valence-corrected chi connectivity index (χ2v) is 2.73. The maximum absolute atomic E-state index is 11.2. The zero-order valence-electron chi connectivity index (χ0n) is 9.74. The molecule has 0 radical (unpaired) electrons. The summed E-state index contributed by atoms with van der Waals surface area (Å²) in [6, 6.07) is 6.82. The van der Waals surface area contributed by atoms with Gasteiger partial charge in [-0.3, -0.25) is 4.57 Å². The zero-order valence-corrected chi connectivity index (χ0v) is 14.1. The summed E-state index contributed by atoms with van der Waals surface area (Å²) in [5.74, 6) is -0.635. The van der Waals surface area contributed by atoms with E-state index in [1.165, 1.54) is 4.57 Å². The lowest BCUT2D eigenvalue weighted by Gasteiger charge is -1.99. The Morgan fingerprint density at radius 1 is 1.12 bits per heavy atom. The highest BCUT2D eigenvalue weighted by molar-refractivity contribution is 15.0. The lowest BCUT2D eigenvalue weighted by Crippen LogP contribution is -2.22. The van der Waals surface area contributed by atoms with Gasteiger partial charge in [-0.25, -0.2) is 9.59 Å². The van der Waals surface area contributed by atoms with Crippen molar-refractivity contribution in [1.82, 2.24) is 4.57 Å². The van der Waals surface area contributed by atoms with Crippen LogP contribution in [0.25, 0.3) is 10.9 Å². The molecule has 94 valence electrons. The molecule has 0 spiro atoms. The van der Waals surface area contributed by atoms with E-state index in [0.717, 1.165) is 0 Å². The number of halogens is 2. The van der Waals surface area contributed by atoms with E-state index in [4.69, 9.17) is 0 Å². The summed E-state index contributed by atoms with van der Waals surface area (Å²) in [6.07, 6.45) is 0. The van der Waals surface area contributed by atoms with Gasteiger partial charge in [0, 0.05) is 44.3 Å². The molecule has 2 rings (SSSR count). The van der Waals surface area contributed by atoms with Gasteiger partial charge < -0.3 is 4.42 Å². The van der Waals surface area contributed by atoms with Crippen LogP contribution in [0.3, 0.4) is 0 Å². The molecule has 1 aromatic carbocycles. The van der Waals surface area contributed by atoms with Crippen molar-refractivity contribution in [2.45, 2.75) is 13.8 Å². The molecule has 0 saturated heterocycles. The van der Waals surface area contributed by atoms with Gasteiger partial charge >= 0.3 is 11.4 Å². The highest BCUT2D eigenvalue weighted by Gasteiger charge is 2.03. The summed E-state index contributed by atoms with van der Waals surface area (Å²) in [7, 11) is 1.56. The summed E-state index contributed by atoms with van der Waals surface area (Å²) < 4.78 is 5.78. The van der Waals surface area contributed by atoms with E-state index in [1.54, 1.807) is 31.3 Å². The Bertz CT molecular complexity index is 575. The maximum atomic E-state index is 11.2. The van der Waals surface area contributed by atoms with Gasteiger partial charge in [0.2, 0.25) is 0 Å². The summed E-state index contributed by atoms with van der Waals surface area (Å²) in [6.45, 7) is 4.00. The van der Waals surface area contributed by atoms with Gasteiger partial charge in [-0.05, 0) is 12.1 Å². The van der Waals surface area contributed by atoms with Gasteiger partial charge in [-0.2, -0.15) is 0 Å². The Labute approximate surface area is 122 Å². The zero-order chi connectivity index (χ0) is 13.4. The van der Waals surface area contributed by atoms with Crippen molar-refractivity contribution >= 4 is 48.1 Å². The normalized spacial score (nSPS) is 8.76. The van der Waals surface area contributed by atoms with Gasteiger partial charge in [0.05, 0.1) is 10.9 Å². The fourth-order valence-corrected chi connectivity index (χ4v) is 1.24. The van der Waals surface area contributed by atoms with Crippen molar-refractivity contribution in [2.75, 3.05) is 0 Å². The number of para-hydroxylation sites is 1. The fourth-order valence-electron chi connectivity index (χ4n) is 1.24. The van der Waals surface area contributed by atoms with Crippen LogP contribution in [0, 0.1) is 0 Å².